The first kappa shape index (κ1) is 9.24. The number of aromatic nitrogens is 1. The molecule has 0 aliphatic heterocycles. The highest BCUT2D eigenvalue weighted by Gasteiger charge is 1.87. The van der Waals surface area contributed by atoms with Crippen molar-refractivity contribution in [2.24, 2.45) is 0 Å². The zero-order chi connectivity index (χ0) is 8.81. The Morgan fingerprint density at radius 1 is 1.67 bits per heavy atom. The van der Waals surface area contributed by atoms with Gasteiger partial charge in [0.2, 0.25) is 0 Å². The molecular formula is C9H9BrN2. The summed E-state index contributed by atoms with van der Waals surface area (Å²) in [5.74, 6) is 5.97. The lowest BCUT2D eigenvalue weighted by molar-refractivity contribution is 0.938. The molecule has 1 aromatic rings. The Bertz CT molecular complexity index is 312. The zero-order valence-corrected chi connectivity index (χ0v) is 8.35. The van der Waals surface area contributed by atoms with E-state index in [1.165, 1.54) is 0 Å². The van der Waals surface area contributed by atoms with E-state index in [0.29, 0.717) is 6.54 Å². The number of rotatable bonds is 1. The van der Waals surface area contributed by atoms with Crippen LogP contribution in [0.4, 0.5) is 0 Å². The standard InChI is InChI=1S/C9H9BrN2/c1-11-5-2-3-8-4-6-12-9(10)7-8/h4,6-7,11H,5H2,1H3. The maximum Gasteiger partial charge on any atom is 0.107 e. The lowest BCUT2D eigenvalue weighted by Crippen LogP contribution is -2.04. The van der Waals surface area contributed by atoms with Gasteiger partial charge in [0.1, 0.15) is 4.60 Å². The highest BCUT2D eigenvalue weighted by atomic mass is 79.9. The summed E-state index contributed by atoms with van der Waals surface area (Å²) in [5.41, 5.74) is 0.979. The molecule has 3 heteroatoms. The van der Waals surface area contributed by atoms with E-state index in [1.54, 1.807) is 6.20 Å². The van der Waals surface area contributed by atoms with Crippen LogP contribution in [-0.4, -0.2) is 18.6 Å². The summed E-state index contributed by atoms with van der Waals surface area (Å²) in [6, 6.07) is 3.77. The summed E-state index contributed by atoms with van der Waals surface area (Å²) < 4.78 is 0.818. The molecule has 0 unspecified atom stereocenters. The SMILES string of the molecule is CNCC#Cc1ccnc(Br)c1. The van der Waals surface area contributed by atoms with Crippen LogP contribution in [0.3, 0.4) is 0 Å². The van der Waals surface area contributed by atoms with Gasteiger partial charge in [-0.1, -0.05) is 11.8 Å². The van der Waals surface area contributed by atoms with E-state index in [9.17, 15) is 0 Å². The summed E-state index contributed by atoms with van der Waals surface area (Å²) in [6.07, 6.45) is 1.73. The van der Waals surface area contributed by atoms with E-state index in [0.717, 1.165) is 10.2 Å². The quantitative estimate of drug-likeness (QED) is 0.577. The molecule has 0 saturated carbocycles. The van der Waals surface area contributed by atoms with Crippen molar-refractivity contribution in [3.8, 4) is 11.8 Å². The fourth-order valence-corrected chi connectivity index (χ4v) is 1.08. The number of hydrogen-bond acceptors (Lipinski definition) is 2. The first-order valence-electron chi connectivity index (χ1n) is 3.58. The van der Waals surface area contributed by atoms with Crippen molar-refractivity contribution in [1.29, 1.82) is 0 Å². The fraction of sp³-hybridized carbons (Fsp3) is 0.222. The average Bonchev–Trinajstić information content (AvgIpc) is 2.05. The van der Waals surface area contributed by atoms with Gasteiger partial charge in [0.15, 0.2) is 0 Å². The Morgan fingerprint density at radius 3 is 3.17 bits per heavy atom. The van der Waals surface area contributed by atoms with Gasteiger partial charge in [0, 0.05) is 11.8 Å². The van der Waals surface area contributed by atoms with Crippen molar-refractivity contribution in [3.63, 3.8) is 0 Å². The van der Waals surface area contributed by atoms with Gasteiger partial charge in [-0.3, -0.25) is 0 Å². The lowest BCUT2D eigenvalue weighted by atomic mass is 10.3. The normalized spacial score (nSPS) is 8.83. The minimum absolute atomic E-state index is 0.708. The number of nitrogens with one attached hydrogen (secondary N) is 1. The molecule has 0 aliphatic rings. The molecule has 0 atom stereocenters. The van der Waals surface area contributed by atoms with Crippen molar-refractivity contribution < 1.29 is 0 Å². The largest absolute Gasteiger partial charge is 0.309 e. The molecule has 0 radical (unpaired) electrons. The molecular weight excluding hydrogens is 216 g/mol. The highest BCUT2D eigenvalue weighted by molar-refractivity contribution is 9.10. The second kappa shape index (κ2) is 4.91. The van der Waals surface area contributed by atoms with Crippen LogP contribution in [0.1, 0.15) is 5.56 Å². The molecule has 1 aromatic heterocycles. The van der Waals surface area contributed by atoms with E-state index in [2.05, 4.69) is 38.1 Å². The molecule has 12 heavy (non-hydrogen) atoms. The minimum Gasteiger partial charge on any atom is -0.309 e. The number of pyridine rings is 1. The molecule has 62 valence electrons. The maximum absolute atomic E-state index is 4.00. The van der Waals surface area contributed by atoms with Gasteiger partial charge in [0.05, 0.1) is 6.54 Å². The van der Waals surface area contributed by atoms with Gasteiger partial charge in [-0.25, -0.2) is 4.98 Å². The Labute approximate surface area is 80.5 Å². The second-order valence-electron chi connectivity index (χ2n) is 2.20. The second-order valence-corrected chi connectivity index (χ2v) is 3.01. The van der Waals surface area contributed by atoms with Gasteiger partial charge in [-0.2, -0.15) is 0 Å². The van der Waals surface area contributed by atoms with Crippen molar-refractivity contribution in [1.82, 2.24) is 10.3 Å². The topological polar surface area (TPSA) is 24.9 Å². The third-order valence-electron chi connectivity index (χ3n) is 1.22. The van der Waals surface area contributed by atoms with E-state index in [1.807, 2.05) is 19.2 Å². The summed E-state index contributed by atoms with van der Waals surface area (Å²) in [5, 5.41) is 2.95. The third kappa shape index (κ3) is 3.04. The van der Waals surface area contributed by atoms with E-state index >= 15 is 0 Å². The third-order valence-corrected chi connectivity index (χ3v) is 1.66. The van der Waals surface area contributed by atoms with Crippen LogP contribution in [0.25, 0.3) is 0 Å². The van der Waals surface area contributed by atoms with Crippen LogP contribution >= 0.6 is 15.9 Å². The van der Waals surface area contributed by atoms with Crippen molar-refractivity contribution in [2.75, 3.05) is 13.6 Å². The highest BCUT2D eigenvalue weighted by Crippen LogP contribution is 2.06. The molecule has 1 heterocycles. The van der Waals surface area contributed by atoms with Gasteiger partial charge in [0.25, 0.3) is 0 Å². The molecule has 0 amide bonds. The van der Waals surface area contributed by atoms with Crippen LogP contribution in [0.2, 0.25) is 0 Å². The smallest absolute Gasteiger partial charge is 0.107 e. The molecule has 0 fully saturated rings. The lowest BCUT2D eigenvalue weighted by Gasteiger charge is -1.89. The van der Waals surface area contributed by atoms with Crippen molar-refractivity contribution in [3.05, 3.63) is 28.5 Å². The molecule has 0 bridgehead atoms. The Hall–Kier alpha value is -0.850. The van der Waals surface area contributed by atoms with Gasteiger partial charge >= 0.3 is 0 Å². The Balaban J connectivity index is 2.71. The molecule has 1 rings (SSSR count). The fourth-order valence-electron chi connectivity index (χ4n) is 0.715. The summed E-state index contributed by atoms with van der Waals surface area (Å²) in [4.78, 5) is 4.00. The first-order valence-corrected chi connectivity index (χ1v) is 4.37. The van der Waals surface area contributed by atoms with Crippen LogP contribution < -0.4 is 5.32 Å². The number of halogens is 1. The Morgan fingerprint density at radius 2 is 2.50 bits per heavy atom. The monoisotopic (exact) mass is 224 g/mol. The van der Waals surface area contributed by atoms with Crippen LogP contribution in [0.15, 0.2) is 22.9 Å². The van der Waals surface area contributed by atoms with E-state index in [-0.39, 0.29) is 0 Å². The summed E-state index contributed by atoms with van der Waals surface area (Å²) in [6.45, 7) is 0.708. The van der Waals surface area contributed by atoms with Gasteiger partial charge in [-0.15, -0.1) is 0 Å². The van der Waals surface area contributed by atoms with Crippen molar-refractivity contribution >= 4 is 15.9 Å². The van der Waals surface area contributed by atoms with E-state index < -0.39 is 0 Å². The molecule has 0 aliphatic carbocycles. The van der Waals surface area contributed by atoms with Crippen molar-refractivity contribution in [2.45, 2.75) is 0 Å². The van der Waals surface area contributed by atoms with Crippen LogP contribution in [-0.2, 0) is 0 Å². The zero-order valence-electron chi connectivity index (χ0n) is 6.76. The van der Waals surface area contributed by atoms with Gasteiger partial charge < -0.3 is 5.32 Å². The predicted octanol–water partition coefficient (Wildman–Crippen LogP) is 1.42. The minimum atomic E-state index is 0.708. The molecule has 0 spiro atoms. The van der Waals surface area contributed by atoms with Crippen LogP contribution in [0, 0.1) is 11.8 Å². The average molecular weight is 225 g/mol. The summed E-state index contributed by atoms with van der Waals surface area (Å²) >= 11 is 3.28. The Kier molecular flexibility index (Phi) is 3.78. The molecule has 0 aromatic carbocycles. The molecule has 0 saturated heterocycles. The predicted molar refractivity (Wildman–Crippen MR) is 52.7 cm³/mol. The molecule has 2 nitrogen and oxygen atoms in total. The van der Waals surface area contributed by atoms with Crippen LogP contribution in [0.5, 0.6) is 0 Å². The van der Waals surface area contributed by atoms with Gasteiger partial charge in [-0.05, 0) is 35.1 Å². The number of nitrogens with zero attached hydrogens (tertiary/aromatic N) is 1. The maximum atomic E-state index is 4.00. The summed E-state index contributed by atoms with van der Waals surface area (Å²) in [7, 11) is 1.87. The number of hydrogen-bond donors (Lipinski definition) is 1. The first-order chi connectivity index (χ1) is 5.83. The molecule has 1 N–H and O–H groups in total. The van der Waals surface area contributed by atoms with E-state index in [4.69, 9.17) is 0 Å².